The van der Waals surface area contributed by atoms with Crippen LogP contribution in [0.15, 0.2) is 76.6 Å². The second kappa shape index (κ2) is 9.92. The van der Waals surface area contributed by atoms with Gasteiger partial charge < -0.3 is 9.73 Å². The molecule has 0 bridgehead atoms. The Labute approximate surface area is 207 Å². The van der Waals surface area contributed by atoms with E-state index in [-0.39, 0.29) is 28.2 Å². The SMILES string of the molecule is Cc1ccc([N+](=O)[O-])cc1-n1cc(CSc2nnc(-c3c(F)ccnc3Nc3ccccc3)o2)nn1. The van der Waals surface area contributed by atoms with Gasteiger partial charge in [-0.3, -0.25) is 10.1 Å². The average molecular weight is 505 g/mol. The van der Waals surface area contributed by atoms with Crippen molar-refractivity contribution in [2.75, 3.05) is 5.32 Å². The molecule has 13 heteroatoms. The number of nitrogens with one attached hydrogen (secondary N) is 1. The Hall–Kier alpha value is -4.65. The number of thioether (sulfide) groups is 1. The number of hydrogen-bond acceptors (Lipinski definition) is 10. The molecule has 11 nitrogen and oxygen atoms in total. The van der Waals surface area contributed by atoms with Crippen molar-refractivity contribution in [3.63, 3.8) is 0 Å². The zero-order valence-electron chi connectivity index (χ0n) is 18.7. The van der Waals surface area contributed by atoms with E-state index >= 15 is 0 Å². The van der Waals surface area contributed by atoms with E-state index in [2.05, 4.69) is 30.8 Å². The highest BCUT2D eigenvalue weighted by molar-refractivity contribution is 7.98. The van der Waals surface area contributed by atoms with E-state index < -0.39 is 10.7 Å². The van der Waals surface area contributed by atoms with Crippen molar-refractivity contribution < 1.29 is 13.7 Å². The van der Waals surface area contributed by atoms with Gasteiger partial charge in [-0.25, -0.2) is 14.1 Å². The van der Waals surface area contributed by atoms with Crippen molar-refractivity contribution in [1.29, 1.82) is 0 Å². The Balaban J connectivity index is 1.32. The highest BCUT2D eigenvalue weighted by Gasteiger charge is 2.20. The number of nitrogens with zero attached hydrogens (tertiary/aromatic N) is 7. The Kier molecular flexibility index (Phi) is 6.36. The molecule has 5 rings (SSSR count). The van der Waals surface area contributed by atoms with Crippen LogP contribution in [0.2, 0.25) is 0 Å². The van der Waals surface area contributed by atoms with Gasteiger partial charge in [0.15, 0.2) is 0 Å². The maximum Gasteiger partial charge on any atom is 0.277 e. The Morgan fingerprint density at radius 3 is 2.78 bits per heavy atom. The normalized spacial score (nSPS) is 10.9. The predicted molar refractivity (Wildman–Crippen MR) is 130 cm³/mol. The zero-order valence-corrected chi connectivity index (χ0v) is 19.5. The summed E-state index contributed by atoms with van der Waals surface area (Å²) in [4.78, 5) is 14.9. The van der Waals surface area contributed by atoms with Crippen LogP contribution in [0.4, 0.5) is 21.6 Å². The van der Waals surface area contributed by atoms with Crippen molar-refractivity contribution in [3.05, 3.63) is 94.2 Å². The molecule has 0 saturated carbocycles. The number of anilines is 2. The summed E-state index contributed by atoms with van der Waals surface area (Å²) in [6.07, 6.45) is 3.02. The van der Waals surface area contributed by atoms with Crippen LogP contribution in [0.25, 0.3) is 17.1 Å². The second-order valence-electron chi connectivity index (χ2n) is 7.55. The molecular formula is C23H17FN8O3S. The molecule has 0 amide bonds. The van der Waals surface area contributed by atoms with Gasteiger partial charge >= 0.3 is 0 Å². The quantitative estimate of drug-likeness (QED) is 0.172. The van der Waals surface area contributed by atoms with Gasteiger partial charge in [-0.2, -0.15) is 0 Å². The molecule has 0 aliphatic carbocycles. The van der Waals surface area contributed by atoms with E-state index in [9.17, 15) is 14.5 Å². The van der Waals surface area contributed by atoms with Crippen LogP contribution in [0.5, 0.6) is 0 Å². The number of aryl methyl sites for hydroxylation is 1. The molecule has 5 aromatic rings. The number of halogens is 1. The zero-order chi connectivity index (χ0) is 25.1. The molecule has 3 aromatic heterocycles. The third-order valence-corrected chi connectivity index (χ3v) is 5.94. The number of para-hydroxylation sites is 1. The van der Waals surface area contributed by atoms with E-state index in [1.807, 2.05) is 37.3 Å². The molecule has 0 aliphatic heterocycles. The fraction of sp³-hybridized carbons (Fsp3) is 0.0870. The first-order valence-corrected chi connectivity index (χ1v) is 11.6. The van der Waals surface area contributed by atoms with E-state index in [0.29, 0.717) is 17.1 Å². The molecule has 0 atom stereocenters. The van der Waals surface area contributed by atoms with Crippen LogP contribution < -0.4 is 5.32 Å². The van der Waals surface area contributed by atoms with Crippen LogP contribution in [0.1, 0.15) is 11.3 Å². The summed E-state index contributed by atoms with van der Waals surface area (Å²) in [5.74, 6) is 0.00763. The van der Waals surface area contributed by atoms with Gasteiger partial charge in [0, 0.05) is 29.8 Å². The smallest absolute Gasteiger partial charge is 0.277 e. The number of nitro groups is 1. The largest absolute Gasteiger partial charge is 0.411 e. The molecule has 1 N–H and O–H groups in total. The van der Waals surface area contributed by atoms with Crippen LogP contribution in [0, 0.1) is 22.9 Å². The Bertz CT molecular complexity index is 1540. The molecule has 0 aliphatic rings. The monoisotopic (exact) mass is 504 g/mol. The average Bonchev–Trinajstić information content (AvgIpc) is 3.53. The number of aromatic nitrogens is 6. The molecule has 0 spiro atoms. The highest BCUT2D eigenvalue weighted by atomic mass is 32.2. The number of pyridine rings is 1. The van der Waals surface area contributed by atoms with Gasteiger partial charge in [-0.15, -0.1) is 15.3 Å². The van der Waals surface area contributed by atoms with E-state index in [4.69, 9.17) is 4.42 Å². The lowest BCUT2D eigenvalue weighted by Gasteiger charge is -2.09. The minimum Gasteiger partial charge on any atom is -0.411 e. The van der Waals surface area contributed by atoms with Gasteiger partial charge in [-0.1, -0.05) is 41.2 Å². The first kappa shape index (κ1) is 23.1. The summed E-state index contributed by atoms with van der Waals surface area (Å²) in [6, 6.07) is 15.0. The minimum atomic E-state index is -0.557. The van der Waals surface area contributed by atoms with Gasteiger partial charge in [-0.05, 0) is 30.7 Å². The van der Waals surface area contributed by atoms with E-state index in [0.717, 1.165) is 11.3 Å². The first-order valence-electron chi connectivity index (χ1n) is 10.6. The highest BCUT2D eigenvalue weighted by Crippen LogP contribution is 2.32. The molecule has 0 unspecified atom stereocenters. The fourth-order valence-corrected chi connectivity index (χ4v) is 3.98. The molecule has 180 valence electrons. The molecule has 2 aromatic carbocycles. The summed E-state index contributed by atoms with van der Waals surface area (Å²) in [7, 11) is 0. The van der Waals surface area contributed by atoms with Crippen molar-refractivity contribution in [2.24, 2.45) is 0 Å². The maximum atomic E-state index is 14.7. The van der Waals surface area contributed by atoms with E-state index in [1.54, 1.807) is 12.3 Å². The van der Waals surface area contributed by atoms with Crippen LogP contribution in [-0.2, 0) is 5.75 Å². The van der Waals surface area contributed by atoms with Crippen molar-refractivity contribution in [2.45, 2.75) is 17.9 Å². The molecule has 3 heterocycles. The maximum absolute atomic E-state index is 14.7. The van der Waals surface area contributed by atoms with Crippen LogP contribution >= 0.6 is 11.8 Å². The molecular weight excluding hydrogens is 487 g/mol. The Morgan fingerprint density at radius 1 is 1.14 bits per heavy atom. The van der Waals surface area contributed by atoms with Gasteiger partial charge in [0.2, 0.25) is 0 Å². The predicted octanol–water partition coefficient (Wildman–Crippen LogP) is 5.10. The van der Waals surface area contributed by atoms with Crippen molar-refractivity contribution in [1.82, 2.24) is 30.2 Å². The minimum absolute atomic E-state index is 0.0163. The van der Waals surface area contributed by atoms with E-state index in [1.165, 1.54) is 40.8 Å². The summed E-state index contributed by atoms with van der Waals surface area (Å²) < 4.78 is 21.9. The second-order valence-corrected chi connectivity index (χ2v) is 8.48. The third-order valence-electron chi connectivity index (χ3n) is 5.09. The number of hydrogen-bond donors (Lipinski definition) is 1. The molecule has 0 saturated heterocycles. The summed E-state index contributed by atoms with van der Waals surface area (Å²) >= 11 is 1.20. The lowest BCUT2D eigenvalue weighted by Crippen LogP contribution is -1.99. The van der Waals surface area contributed by atoms with Crippen molar-refractivity contribution >= 4 is 29.0 Å². The number of benzene rings is 2. The van der Waals surface area contributed by atoms with Gasteiger partial charge in [0.05, 0.1) is 22.5 Å². The first-order chi connectivity index (χ1) is 17.5. The topological polar surface area (TPSA) is 138 Å². The third kappa shape index (κ3) is 4.90. The van der Waals surface area contributed by atoms with Crippen LogP contribution in [-0.4, -0.2) is 35.1 Å². The number of non-ortho nitro benzene ring substituents is 1. The lowest BCUT2D eigenvalue weighted by molar-refractivity contribution is -0.384. The number of nitro benzene ring substituents is 1. The lowest BCUT2D eigenvalue weighted by atomic mass is 10.2. The Morgan fingerprint density at radius 2 is 1.97 bits per heavy atom. The fourth-order valence-electron chi connectivity index (χ4n) is 3.34. The molecule has 0 fully saturated rings. The summed E-state index contributed by atoms with van der Waals surface area (Å²) in [6.45, 7) is 1.83. The van der Waals surface area contributed by atoms with Gasteiger partial charge in [0.1, 0.15) is 17.2 Å². The standard InChI is InChI=1S/C23H17FN8O3S/c1-14-7-8-17(32(33)34)11-19(14)31-12-16(27-30-31)13-36-23-29-28-22(35-23)20-18(24)9-10-25-21(20)26-15-5-3-2-4-6-15/h2-12H,13H2,1H3,(H,25,26). The molecule has 0 radical (unpaired) electrons. The van der Waals surface area contributed by atoms with Crippen LogP contribution in [0.3, 0.4) is 0 Å². The number of rotatable bonds is 8. The summed E-state index contributed by atoms with van der Waals surface area (Å²) in [5.41, 5.74) is 2.71. The van der Waals surface area contributed by atoms with Gasteiger partial charge in [0.25, 0.3) is 16.8 Å². The molecule has 36 heavy (non-hydrogen) atoms. The summed E-state index contributed by atoms with van der Waals surface area (Å²) in [5, 5.41) is 30.6. The van der Waals surface area contributed by atoms with Crippen molar-refractivity contribution in [3.8, 4) is 17.1 Å².